The maximum atomic E-state index is 11.9. The fourth-order valence-corrected chi connectivity index (χ4v) is 2.29. The van der Waals surface area contributed by atoms with E-state index < -0.39 is 0 Å². The van der Waals surface area contributed by atoms with Crippen molar-refractivity contribution >= 4 is 28.5 Å². The summed E-state index contributed by atoms with van der Waals surface area (Å²) in [5, 5.41) is 6.72. The molecule has 0 aliphatic carbocycles. The van der Waals surface area contributed by atoms with Gasteiger partial charge in [-0.25, -0.2) is 0 Å². The third-order valence-corrected chi connectivity index (χ3v) is 3.41. The smallest absolute Gasteiger partial charge is 0.237 e. The number of hydrogen-bond donors (Lipinski definition) is 2. The van der Waals surface area contributed by atoms with E-state index in [4.69, 9.17) is 0 Å². The lowest BCUT2D eigenvalue weighted by molar-refractivity contribution is -0.115. The van der Waals surface area contributed by atoms with Crippen LogP contribution < -0.4 is 10.6 Å². The Morgan fingerprint density at radius 2 is 2.24 bits per heavy atom. The van der Waals surface area contributed by atoms with Gasteiger partial charge >= 0.3 is 0 Å². The molecule has 0 spiro atoms. The minimum absolute atomic E-state index is 0.00222. The zero-order chi connectivity index (χ0) is 12.1. The number of aliphatic imine (C=N–C) groups is 1. The molecule has 1 aliphatic heterocycles. The quantitative estimate of drug-likeness (QED) is 0.857. The van der Waals surface area contributed by atoms with E-state index in [9.17, 15) is 4.79 Å². The highest BCUT2D eigenvalue weighted by molar-refractivity contribution is 8.14. The van der Waals surface area contributed by atoms with Gasteiger partial charge in [-0.1, -0.05) is 30.0 Å². The lowest BCUT2D eigenvalue weighted by Crippen LogP contribution is -2.26. The summed E-state index contributed by atoms with van der Waals surface area (Å²) in [5.74, 6) is -0.00222. The maximum absolute atomic E-state index is 11.9. The number of anilines is 1. The first-order valence-electron chi connectivity index (χ1n) is 5.56. The van der Waals surface area contributed by atoms with E-state index in [1.54, 1.807) is 0 Å². The molecule has 0 unspecified atom stereocenters. The van der Waals surface area contributed by atoms with Gasteiger partial charge in [-0.05, 0) is 19.1 Å². The Kier molecular flexibility index (Phi) is 4.03. The second-order valence-corrected chi connectivity index (χ2v) is 5.06. The molecule has 17 heavy (non-hydrogen) atoms. The van der Waals surface area contributed by atoms with Crippen LogP contribution in [0.15, 0.2) is 35.3 Å². The summed E-state index contributed by atoms with van der Waals surface area (Å²) in [6, 6.07) is 9.47. The number of carbonyl (C=O) groups is 1. The van der Waals surface area contributed by atoms with Crippen LogP contribution >= 0.6 is 11.8 Å². The number of carbonyl (C=O) groups excluding carboxylic acids is 1. The molecule has 4 nitrogen and oxygen atoms in total. The van der Waals surface area contributed by atoms with Gasteiger partial charge in [0.05, 0.1) is 11.8 Å². The fourth-order valence-electron chi connectivity index (χ4n) is 1.44. The zero-order valence-corrected chi connectivity index (χ0v) is 10.5. The number of hydrogen-bond acceptors (Lipinski definition) is 4. The highest BCUT2D eigenvalue weighted by Gasteiger charge is 2.17. The van der Waals surface area contributed by atoms with Crippen LogP contribution in [0.25, 0.3) is 0 Å². The van der Waals surface area contributed by atoms with Gasteiger partial charge in [-0.2, -0.15) is 0 Å². The van der Waals surface area contributed by atoms with Gasteiger partial charge in [-0.3, -0.25) is 9.79 Å². The van der Waals surface area contributed by atoms with Crippen LogP contribution in [0.2, 0.25) is 0 Å². The monoisotopic (exact) mass is 249 g/mol. The Hall–Kier alpha value is -1.49. The summed E-state index contributed by atoms with van der Waals surface area (Å²) in [6.07, 6.45) is 0. The number of nitrogens with zero attached hydrogens (tertiary/aromatic N) is 1. The van der Waals surface area contributed by atoms with Gasteiger partial charge in [0.1, 0.15) is 0 Å². The molecule has 2 N–H and O–H groups in total. The summed E-state index contributed by atoms with van der Waals surface area (Å²) in [6.45, 7) is 3.55. The molecule has 5 heteroatoms. The van der Waals surface area contributed by atoms with Crippen LogP contribution in [0.1, 0.15) is 6.92 Å². The van der Waals surface area contributed by atoms with Gasteiger partial charge in [0.25, 0.3) is 0 Å². The third kappa shape index (κ3) is 3.49. The van der Waals surface area contributed by atoms with Gasteiger partial charge in [0, 0.05) is 12.2 Å². The predicted molar refractivity (Wildman–Crippen MR) is 72.4 cm³/mol. The summed E-state index contributed by atoms with van der Waals surface area (Å²) < 4.78 is 0. The summed E-state index contributed by atoms with van der Waals surface area (Å²) in [5.41, 5.74) is 0.825. The summed E-state index contributed by atoms with van der Waals surface area (Å²) >= 11 is 1.46. The molecule has 0 aromatic heterocycles. The van der Waals surface area contributed by atoms with E-state index in [1.807, 2.05) is 37.3 Å². The minimum atomic E-state index is -0.153. The van der Waals surface area contributed by atoms with E-state index in [1.165, 1.54) is 11.8 Å². The number of rotatable bonds is 3. The van der Waals surface area contributed by atoms with Crippen LogP contribution in [0.5, 0.6) is 0 Å². The van der Waals surface area contributed by atoms with Crippen molar-refractivity contribution < 1.29 is 4.79 Å². The number of amides is 1. The largest absolute Gasteiger partial charge is 0.363 e. The first-order valence-corrected chi connectivity index (χ1v) is 6.44. The summed E-state index contributed by atoms with van der Waals surface area (Å²) in [4.78, 5) is 16.1. The van der Waals surface area contributed by atoms with E-state index >= 15 is 0 Å². The van der Waals surface area contributed by atoms with Crippen LogP contribution in [-0.2, 0) is 4.79 Å². The average Bonchev–Trinajstić information content (AvgIpc) is 2.83. The molecule has 1 aromatic rings. The Balaban J connectivity index is 1.87. The van der Waals surface area contributed by atoms with Gasteiger partial charge in [-0.15, -0.1) is 0 Å². The first kappa shape index (κ1) is 12.0. The van der Waals surface area contributed by atoms with Crippen LogP contribution in [0, 0.1) is 0 Å². The minimum Gasteiger partial charge on any atom is -0.363 e. The molecule has 0 saturated carbocycles. The average molecular weight is 249 g/mol. The van der Waals surface area contributed by atoms with Crippen molar-refractivity contribution in [2.24, 2.45) is 4.99 Å². The van der Waals surface area contributed by atoms with Crippen molar-refractivity contribution in [3.8, 4) is 0 Å². The molecular formula is C12H15N3OS. The van der Waals surface area contributed by atoms with Crippen LogP contribution in [0.4, 0.5) is 5.69 Å². The molecule has 1 amide bonds. The van der Waals surface area contributed by atoms with Crippen LogP contribution in [-0.4, -0.2) is 29.4 Å². The van der Waals surface area contributed by atoms with Crippen molar-refractivity contribution in [3.05, 3.63) is 30.3 Å². The van der Waals surface area contributed by atoms with Crippen LogP contribution in [0.3, 0.4) is 0 Å². The lowest BCUT2D eigenvalue weighted by atomic mass is 10.3. The van der Waals surface area contributed by atoms with Crippen molar-refractivity contribution in [2.75, 3.05) is 18.4 Å². The topological polar surface area (TPSA) is 53.5 Å². The summed E-state index contributed by atoms with van der Waals surface area (Å²) in [7, 11) is 0. The van der Waals surface area contributed by atoms with Gasteiger partial charge < -0.3 is 10.6 Å². The number of thioether (sulfide) groups is 1. The molecule has 1 atom stereocenters. The lowest BCUT2D eigenvalue weighted by Gasteiger charge is -2.11. The maximum Gasteiger partial charge on any atom is 0.237 e. The third-order valence-electron chi connectivity index (χ3n) is 2.34. The Morgan fingerprint density at radius 1 is 1.47 bits per heavy atom. The molecule has 1 aliphatic rings. The number of nitrogens with one attached hydrogen (secondary N) is 2. The molecule has 90 valence electrons. The van der Waals surface area contributed by atoms with E-state index in [0.29, 0.717) is 0 Å². The van der Waals surface area contributed by atoms with Crippen molar-refractivity contribution in [1.82, 2.24) is 5.32 Å². The van der Waals surface area contributed by atoms with Gasteiger partial charge in [0.15, 0.2) is 5.17 Å². The Morgan fingerprint density at radius 3 is 2.88 bits per heavy atom. The Labute approximate surface area is 105 Å². The molecule has 1 heterocycles. The fraction of sp³-hybridized carbons (Fsp3) is 0.333. The predicted octanol–water partition coefficient (Wildman–Crippen LogP) is 1.71. The first-order chi connectivity index (χ1) is 8.25. The standard InChI is InChI=1S/C12H15N3OS/c1-9(17-12-13-7-8-14-12)11(16)15-10-5-3-2-4-6-10/h2-6,9H,7-8H2,1H3,(H,13,14)(H,15,16)/t9-/m1/s1. The molecule has 2 rings (SSSR count). The van der Waals surface area contributed by atoms with Crippen molar-refractivity contribution in [2.45, 2.75) is 12.2 Å². The molecular weight excluding hydrogens is 234 g/mol. The molecule has 0 saturated heterocycles. The second-order valence-electron chi connectivity index (χ2n) is 3.73. The highest BCUT2D eigenvalue weighted by atomic mass is 32.2. The normalized spacial score (nSPS) is 15.9. The van der Waals surface area contributed by atoms with E-state index in [2.05, 4.69) is 15.6 Å². The zero-order valence-electron chi connectivity index (χ0n) is 9.64. The van der Waals surface area contributed by atoms with Crippen molar-refractivity contribution in [1.29, 1.82) is 0 Å². The Bertz CT molecular complexity index is 419. The number of amidine groups is 1. The molecule has 1 aromatic carbocycles. The van der Waals surface area contributed by atoms with E-state index in [0.717, 1.165) is 23.9 Å². The van der Waals surface area contributed by atoms with Gasteiger partial charge in [0.2, 0.25) is 5.91 Å². The molecule has 0 radical (unpaired) electrons. The number of para-hydroxylation sites is 1. The SMILES string of the molecule is C[C@@H](SC1=NCCN1)C(=O)Nc1ccccc1. The number of benzene rings is 1. The molecule has 0 fully saturated rings. The second kappa shape index (κ2) is 5.72. The highest BCUT2D eigenvalue weighted by Crippen LogP contribution is 2.16. The molecule has 0 bridgehead atoms. The van der Waals surface area contributed by atoms with E-state index in [-0.39, 0.29) is 11.2 Å². The van der Waals surface area contributed by atoms with Crippen molar-refractivity contribution in [3.63, 3.8) is 0 Å².